The summed E-state index contributed by atoms with van der Waals surface area (Å²) in [5.41, 5.74) is 0.562. The second-order valence-corrected chi connectivity index (χ2v) is 4.11. The first kappa shape index (κ1) is 14.3. The average molecular weight is 298 g/mol. The van der Waals surface area contributed by atoms with Crippen molar-refractivity contribution in [2.45, 2.75) is 6.92 Å². The van der Waals surface area contributed by atoms with Gasteiger partial charge < -0.3 is 15.4 Å². The molecule has 0 atom stereocenters. The van der Waals surface area contributed by atoms with Crippen LogP contribution in [0.15, 0.2) is 18.2 Å². The summed E-state index contributed by atoms with van der Waals surface area (Å²) < 4.78 is 18.3. The molecule has 0 aliphatic rings. The molecule has 0 saturated carbocycles. The van der Waals surface area contributed by atoms with E-state index in [9.17, 15) is 4.39 Å². The van der Waals surface area contributed by atoms with Gasteiger partial charge in [-0.25, -0.2) is 4.39 Å². The van der Waals surface area contributed by atoms with Gasteiger partial charge >= 0.3 is 6.01 Å². The number of nitrogens with one attached hydrogen (secondary N) is 2. The number of hydrogen-bond donors (Lipinski definition) is 2. The average Bonchev–Trinajstić information content (AvgIpc) is 2.43. The lowest BCUT2D eigenvalue weighted by atomic mass is 10.3. The Morgan fingerprint density at radius 1 is 1.25 bits per heavy atom. The molecule has 0 fully saturated rings. The van der Waals surface area contributed by atoms with Crippen LogP contribution in [0.4, 0.5) is 22.0 Å². The topological polar surface area (TPSA) is 72.0 Å². The summed E-state index contributed by atoms with van der Waals surface area (Å²) in [7, 11) is 1.68. The molecule has 1 aromatic carbocycles. The third kappa shape index (κ3) is 3.45. The molecule has 0 bridgehead atoms. The highest BCUT2D eigenvalue weighted by Gasteiger charge is 2.08. The van der Waals surface area contributed by atoms with Crippen LogP contribution in [-0.2, 0) is 0 Å². The summed E-state index contributed by atoms with van der Waals surface area (Å²) in [6, 6.07) is 4.43. The predicted molar refractivity (Wildman–Crippen MR) is 75.2 cm³/mol. The molecular formula is C12H13ClFN5O. The Bertz CT molecular complexity index is 610. The zero-order valence-corrected chi connectivity index (χ0v) is 11.7. The Balaban J connectivity index is 2.27. The zero-order chi connectivity index (χ0) is 14.5. The van der Waals surface area contributed by atoms with Crippen molar-refractivity contribution in [2.24, 2.45) is 0 Å². The minimum absolute atomic E-state index is 0.0166. The molecule has 0 aliphatic carbocycles. The minimum Gasteiger partial charge on any atom is -0.464 e. The molecule has 106 valence electrons. The third-order valence-corrected chi connectivity index (χ3v) is 2.58. The fourth-order valence-electron chi connectivity index (χ4n) is 1.42. The first-order chi connectivity index (χ1) is 9.62. The number of halogens is 2. The van der Waals surface area contributed by atoms with E-state index in [1.54, 1.807) is 7.05 Å². The number of hydrogen-bond acceptors (Lipinski definition) is 6. The number of anilines is 3. The van der Waals surface area contributed by atoms with E-state index in [4.69, 9.17) is 16.3 Å². The molecule has 0 unspecified atom stereocenters. The van der Waals surface area contributed by atoms with Crippen LogP contribution < -0.4 is 15.4 Å². The van der Waals surface area contributed by atoms with E-state index in [0.717, 1.165) is 0 Å². The Hall–Kier alpha value is -2.15. The van der Waals surface area contributed by atoms with Gasteiger partial charge in [0.1, 0.15) is 5.82 Å². The molecule has 1 aromatic heterocycles. The Labute approximate surface area is 120 Å². The standard InChI is InChI=1S/C12H13ClFN5O/c1-3-20-12-18-10(15-2)17-11(19-12)16-7-4-5-9(14)8(13)6-7/h4-6H,3H2,1-2H3,(H2,15,16,17,18,19). The highest BCUT2D eigenvalue weighted by molar-refractivity contribution is 6.31. The van der Waals surface area contributed by atoms with E-state index in [-0.39, 0.29) is 17.0 Å². The number of benzene rings is 1. The van der Waals surface area contributed by atoms with Crippen LogP contribution in [-0.4, -0.2) is 28.6 Å². The van der Waals surface area contributed by atoms with Gasteiger partial charge in [-0.1, -0.05) is 11.6 Å². The van der Waals surface area contributed by atoms with E-state index in [1.807, 2.05) is 6.92 Å². The van der Waals surface area contributed by atoms with E-state index >= 15 is 0 Å². The van der Waals surface area contributed by atoms with Crippen LogP contribution in [0.2, 0.25) is 5.02 Å². The Morgan fingerprint density at radius 2 is 2.00 bits per heavy atom. The maximum absolute atomic E-state index is 13.1. The maximum Gasteiger partial charge on any atom is 0.323 e. The third-order valence-electron chi connectivity index (χ3n) is 2.29. The highest BCUT2D eigenvalue weighted by Crippen LogP contribution is 2.22. The van der Waals surface area contributed by atoms with E-state index in [0.29, 0.717) is 18.2 Å². The van der Waals surface area contributed by atoms with Gasteiger partial charge in [-0.05, 0) is 25.1 Å². The first-order valence-corrected chi connectivity index (χ1v) is 6.29. The largest absolute Gasteiger partial charge is 0.464 e. The van der Waals surface area contributed by atoms with E-state index in [2.05, 4.69) is 25.6 Å². The molecule has 20 heavy (non-hydrogen) atoms. The van der Waals surface area contributed by atoms with Crippen molar-refractivity contribution in [3.05, 3.63) is 29.0 Å². The second kappa shape index (κ2) is 6.33. The molecule has 0 aliphatic heterocycles. The molecule has 2 aromatic rings. The minimum atomic E-state index is -0.487. The van der Waals surface area contributed by atoms with Gasteiger partial charge in [0.25, 0.3) is 0 Å². The Morgan fingerprint density at radius 3 is 2.65 bits per heavy atom. The molecule has 2 rings (SSSR count). The molecule has 6 nitrogen and oxygen atoms in total. The van der Waals surface area contributed by atoms with Crippen molar-refractivity contribution < 1.29 is 9.13 Å². The summed E-state index contributed by atoms with van der Waals surface area (Å²) in [6.45, 7) is 2.27. The molecule has 0 amide bonds. The molecule has 8 heteroatoms. The molecule has 0 saturated heterocycles. The normalized spacial score (nSPS) is 10.2. The smallest absolute Gasteiger partial charge is 0.323 e. The lowest BCUT2D eigenvalue weighted by molar-refractivity contribution is 0.312. The maximum atomic E-state index is 13.1. The second-order valence-electron chi connectivity index (χ2n) is 3.70. The molecular weight excluding hydrogens is 285 g/mol. The van der Waals surface area contributed by atoms with Gasteiger partial charge in [0, 0.05) is 12.7 Å². The SMILES string of the molecule is CCOc1nc(NC)nc(Nc2ccc(F)c(Cl)c2)n1. The molecule has 2 N–H and O–H groups in total. The predicted octanol–water partition coefficient (Wildman–Crippen LogP) is 2.85. The summed E-state index contributed by atoms with van der Waals surface area (Å²) >= 11 is 5.71. The fourth-order valence-corrected chi connectivity index (χ4v) is 1.60. The highest BCUT2D eigenvalue weighted by atomic mass is 35.5. The van der Waals surface area contributed by atoms with E-state index < -0.39 is 5.82 Å². The summed E-state index contributed by atoms with van der Waals surface area (Å²) in [5, 5.41) is 5.73. The number of aromatic nitrogens is 3. The van der Waals surface area contributed by atoms with Crippen LogP contribution in [0.1, 0.15) is 6.92 Å². The van der Waals surface area contributed by atoms with Crippen LogP contribution in [0, 0.1) is 5.82 Å². The fraction of sp³-hybridized carbons (Fsp3) is 0.250. The monoisotopic (exact) mass is 297 g/mol. The summed E-state index contributed by atoms with van der Waals surface area (Å²) in [4.78, 5) is 12.2. The van der Waals surface area contributed by atoms with Crippen LogP contribution in [0.5, 0.6) is 6.01 Å². The van der Waals surface area contributed by atoms with Crippen molar-refractivity contribution in [2.75, 3.05) is 24.3 Å². The summed E-state index contributed by atoms with van der Waals surface area (Å²) in [6.07, 6.45) is 0. The van der Waals surface area contributed by atoms with Crippen molar-refractivity contribution in [1.82, 2.24) is 15.0 Å². The molecule has 0 radical (unpaired) electrons. The van der Waals surface area contributed by atoms with Gasteiger partial charge in [-0.3, -0.25) is 0 Å². The lowest BCUT2D eigenvalue weighted by Crippen LogP contribution is -2.07. The molecule has 0 spiro atoms. The van der Waals surface area contributed by atoms with E-state index in [1.165, 1.54) is 18.2 Å². The van der Waals surface area contributed by atoms with Crippen LogP contribution in [0.25, 0.3) is 0 Å². The van der Waals surface area contributed by atoms with Gasteiger partial charge in [-0.2, -0.15) is 15.0 Å². The van der Waals surface area contributed by atoms with Crippen molar-refractivity contribution >= 4 is 29.2 Å². The lowest BCUT2D eigenvalue weighted by Gasteiger charge is -2.09. The number of rotatable bonds is 5. The quantitative estimate of drug-likeness (QED) is 0.884. The van der Waals surface area contributed by atoms with Crippen molar-refractivity contribution in [3.8, 4) is 6.01 Å². The van der Waals surface area contributed by atoms with Gasteiger partial charge in [0.05, 0.1) is 11.6 Å². The van der Waals surface area contributed by atoms with Crippen LogP contribution >= 0.6 is 11.6 Å². The summed E-state index contributed by atoms with van der Waals surface area (Å²) in [5.74, 6) is 0.147. The molecule has 1 heterocycles. The number of nitrogens with zero attached hydrogens (tertiary/aromatic N) is 3. The first-order valence-electron chi connectivity index (χ1n) is 5.91. The van der Waals surface area contributed by atoms with Gasteiger partial charge in [-0.15, -0.1) is 0 Å². The van der Waals surface area contributed by atoms with Crippen molar-refractivity contribution in [3.63, 3.8) is 0 Å². The zero-order valence-electron chi connectivity index (χ0n) is 10.9. The van der Waals surface area contributed by atoms with Gasteiger partial charge in [0.2, 0.25) is 11.9 Å². The van der Waals surface area contributed by atoms with Crippen LogP contribution in [0.3, 0.4) is 0 Å². The number of ether oxygens (including phenoxy) is 1. The Kier molecular flexibility index (Phi) is 4.52. The van der Waals surface area contributed by atoms with Gasteiger partial charge in [0.15, 0.2) is 0 Å². The van der Waals surface area contributed by atoms with Crippen molar-refractivity contribution in [1.29, 1.82) is 0 Å².